The van der Waals surface area contributed by atoms with Crippen LogP contribution in [-0.4, -0.2) is 23.9 Å². The summed E-state index contributed by atoms with van der Waals surface area (Å²) in [7, 11) is 0. The zero-order chi connectivity index (χ0) is 5.98. The Bertz CT molecular complexity index is 133. The fraction of sp³-hybridized carbons (Fsp3) is 0.500. The van der Waals surface area contributed by atoms with Crippen LogP contribution >= 0.6 is 0 Å². The summed E-state index contributed by atoms with van der Waals surface area (Å²) in [5.74, 6) is 1.84. The van der Waals surface area contributed by atoms with Crippen molar-refractivity contribution in [3.63, 3.8) is 0 Å². The molecule has 1 aliphatic heterocycles. The molecule has 1 rings (SSSR count). The molecule has 2 nitrogen and oxygen atoms in total. The van der Waals surface area contributed by atoms with Gasteiger partial charge in [0, 0.05) is 19.5 Å². The summed E-state index contributed by atoms with van der Waals surface area (Å²) in [6, 6.07) is 0. The maximum absolute atomic E-state index is 9.92. The van der Waals surface area contributed by atoms with Crippen molar-refractivity contribution >= 4 is 5.94 Å². The van der Waals surface area contributed by atoms with E-state index in [0.29, 0.717) is 5.70 Å². The van der Waals surface area contributed by atoms with Crippen LogP contribution in [0.1, 0.15) is 6.92 Å². The molecule has 1 fully saturated rings. The molecule has 0 bridgehead atoms. The molecule has 0 aromatic carbocycles. The van der Waals surface area contributed by atoms with Gasteiger partial charge in [-0.25, -0.2) is 4.79 Å². The van der Waals surface area contributed by atoms with E-state index in [9.17, 15) is 4.79 Å². The first-order valence-corrected chi connectivity index (χ1v) is 2.71. The number of hydrogen-bond acceptors (Lipinski definition) is 2. The molecule has 43 valence electrons. The maximum Gasteiger partial charge on any atom is 0.146 e. The molecule has 0 spiro atoms. The van der Waals surface area contributed by atoms with Crippen LogP contribution in [0, 0.1) is 6.42 Å². The summed E-state index contributed by atoms with van der Waals surface area (Å²) >= 11 is 0. The van der Waals surface area contributed by atoms with E-state index in [2.05, 4.69) is 0 Å². The van der Waals surface area contributed by atoms with E-state index < -0.39 is 0 Å². The van der Waals surface area contributed by atoms with Crippen molar-refractivity contribution < 1.29 is 4.79 Å². The van der Waals surface area contributed by atoms with Crippen LogP contribution in [0.2, 0.25) is 0 Å². The fourth-order valence-corrected chi connectivity index (χ4v) is 0.717. The summed E-state index contributed by atoms with van der Waals surface area (Å²) in [4.78, 5) is 11.9. The van der Waals surface area contributed by atoms with Crippen molar-refractivity contribution in [3.05, 3.63) is 12.1 Å². The molecule has 0 unspecified atom stereocenters. The lowest BCUT2D eigenvalue weighted by molar-refractivity contribution is 0.332. The van der Waals surface area contributed by atoms with Crippen molar-refractivity contribution in [2.75, 3.05) is 13.1 Å². The molecule has 0 aromatic rings. The summed E-state index contributed by atoms with van der Waals surface area (Å²) in [5.41, 5.74) is 0.715. The van der Waals surface area contributed by atoms with Gasteiger partial charge < -0.3 is 4.90 Å². The summed E-state index contributed by atoms with van der Waals surface area (Å²) in [6.07, 6.45) is 1.87. The molecule has 1 aliphatic rings. The zero-order valence-corrected chi connectivity index (χ0v) is 4.85. The SMILES string of the molecule is CCN1C[CH]C1=C=O. The van der Waals surface area contributed by atoms with Gasteiger partial charge in [-0.1, -0.05) is 0 Å². The second-order valence-corrected chi connectivity index (χ2v) is 1.73. The van der Waals surface area contributed by atoms with Gasteiger partial charge in [0.2, 0.25) is 0 Å². The van der Waals surface area contributed by atoms with Gasteiger partial charge in [-0.2, -0.15) is 0 Å². The van der Waals surface area contributed by atoms with Crippen molar-refractivity contribution in [2.45, 2.75) is 6.92 Å². The third kappa shape index (κ3) is 0.632. The Morgan fingerprint density at radius 2 is 2.75 bits per heavy atom. The second-order valence-electron chi connectivity index (χ2n) is 1.73. The largest absolute Gasteiger partial charge is 0.365 e. The highest BCUT2D eigenvalue weighted by Gasteiger charge is 2.18. The predicted molar refractivity (Wildman–Crippen MR) is 30.8 cm³/mol. The molecule has 0 N–H and O–H groups in total. The standard InChI is InChI=1S/C6H8NO/c1-2-7-4-3-6(7)5-8/h3H,2,4H2,1H3. The Hall–Kier alpha value is -0.750. The van der Waals surface area contributed by atoms with Crippen LogP contribution in [0.25, 0.3) is 0 Å². The Balaban J connectivity index is 2.50. The average Bonchev–Trinajstić information content (AvgIpc) is 1.66. The second kappa shape index (κ2) is 2.01. The Morgan fingerprint density at radius 3 is 2.88 bits per heavy atom. The first-order chi connectivity index (χ1) is 3.88. The maximum atomic E-state index is 9.92. The third-order valence-electron chi connectivity index (χ3n) is 1.33. The smallest absolute Gasteiger partial charge is 0.146 e. The molecule has 0 aliphatic carbocycles. The van der Waals surface area contributed by atoms with Gasteiger partial charge in [0.1, 0.15) is 11.6 Å². The quantitative estimate of drug-likeness (QED) is 0.451. The molecule has 0 amide bonds. The molecule has 8 heavy (non-hydrogen) atoms. The highest BCUT2D eigenvalue weighted by atomic mass is 16.1. The van der Waals surface area contributed by atoms with Gasteiger partial charge >= 0.3 is 0 Å². The van der Waals surface area contributed by atoms with E-state index in [1.54, 1.807) is 0 Å². The van der Waals surface area contributed by atoms with E-state index in [0.717, 1.165) is 13.1 Å². The molecular weight excluding hydrogens is 102 g/mol. The highest BCUT2D eigenvalue weighted by molar-refractivity contribution is 5.58. The number of rotatable bonds is 1. The van der Waals surface area contributed by atoms with Crippen LogP contribution in [0.15, 0.2) is 5.70 Å². The lowest BCUT2D eigenvalue weighted by atomic mass is 10.1. The van der Waals surface area contributed by atoms with E-state index in [1.165, 1.54) is 0 Å². The van der Waals surface area contributed by atoms with Crippen molar-refractivity contribution in [1.29, 1.82) is 0 Å². The molecule has 0 aromatic heterocycles. The monoisotopic (exact) mass is 110 g/mol. The number of likely N-dealkylation sites (tertiary alicyclic amines) is 1. The third-order valence-corrected chi connectivity index (χ3v) is 1.33. The topological polar surface area (TPSA) is 20.3 Å². The Labute approximate surface area is 48.8 Å². The van der Waals surface area contributed by atoms with Gasteiger partial charge in [0.15, 0.2) is 0 Å². The Kier molecular flexibility index (Phi) is 1.36. The molecule has 0 atom stereocenters. The minimum absolute atomic E-state index is 0.715. The van der Waals surface area contributed by atoms with E-state index in [4.69, 9.17) is 0 Å². The van der Waals surface area contributed by atoms with Gasteiger partial charge in [-0.15, -0.1) is 0 Å². The highest BCUT2D eigenvalue weighted by Crippen LogP contribution is 2.15. The minimum Gasteiger partial charge on any atom is -0.365 e. The lowest BCUT2D eigenvalue weighted by Crippen LogP contribution is -2.35. The Morgan fingerprint density at radius 1 is 2.00 bits per heavy atom. The van der Waals surface area contributed by atoms with E-state index in [-0.39, 0.29) is 0 Å². The average molecular weight is 110 g/mol. The fourth-order valence-electron chi connectivity index (χ4n) is 0.717. The molecule has 1 heterocycles. The van der Waals surface area contributed by atoms with Gasteiger partial charge in [-0.05, 0) is 6.92 Å². The predicted octanol–water partition coefficient (Wildman–Crippen LogP) is 0.242. The molecule has 0 saturated carbocycles. The summed E-state index contributed by atoms with van der Waals surface area (Å²) in [5, 5.41) is 0. The van der Waals surface area contributed by atoms with Crippen molar-refractivity contribution in [1.82, 2.24) is 4.90 Å². The summed E-state index contributed by atoms with van der Waals surface area (Å²) < 4.78 is 0. The van der Waals surface area contributed by atoms with Crippen LogP contribution in [0.4, 0.5) is 0 Å². The number of carbonyl (C=O) groups excluding carboxylic acids is 1. The number of nitrogens with zero attached hydrogens (tertiary/aromatic N) is 1. The minimum atomic E-state index is 0.715. The lowest BCUT2D eigenvalue weighted by Gasteiger charge is -2.31. The van der Waals surface area contributed by atoms with Crippen molar-refractivity contribution in [3.8, 4) is 0 Å². The molecule has 1 saturated heterocycles. The van der Waals surface area contributed by atoms with Crippen LogP contribution in [0.3, 0.4) is 0 Å². The van der Waals surface area contributed by atoms with Gasteiger partial charge in [0.05, 0.1) is 0 Å². The van der Waals surface area contributed by atoms with Crippen LogP contribution < -0.4 is 0 Å². The number of hydrogen-bond donors (Lipinski definition) is 0. The summed E-state index contributed by atoms with van der Waals surface area (Å²) in [6.45, 7) is 3.85. The van der Waals surface area contributed by atoms with Gasteiger partial charge in [-0.3, -0.25) is 0 Å². The van der Waals surface area contributed by atoms with Crippen molar-refractivity contribution in [2.24, 2.45) is 0 Å². The molecule has 2 heteroatoms. The van der Waals surface area contributed by atoms with E-state index >= 15 is 0 Å². The van der Waals surface area contributed by atoms with Crippen LogP contribution in [-0.2, 0) is 4.79 Å². The van der Waals surface area contributed by atoms with Gasteiger partial charge in [0.25, 0.3) is 0 Å². The van der Waals surface area contributed by atoms with Crippen LogP contribution in [0.5, 0.6) is 0 Å². The first-order valence-electron chi connectivity index (χ1n) is 2.71. The molecular formula is C6H8NO. The molecule has 1 radical (unpaired) electrons. The normalized spacial score (nSPS) is 17.6. The van der Waals surface area contributed by atoms with E-state index in [1.807, 2.05) is 24.2 Å². The zero-order valence-electron chi connectivity index (χ0n) is 4.85. The first kappa shape index (κ1) is 5.39.